The molecule has 0 aliphatic carbocycles. The van der Waals surface area contributed by atoms with Gasteiger partial charge in [-0.1, -0.05) is 17.2 Å². The van der Waals surface area contributed by atoms with Gasteiger partial charge in [-0.25, -0.2) is 14.0 Å². The van der Waals surface area contributed by atoms with E-state index in [0.717, 1.165) is 5.56 Å². The fourth-order valence-electron chi connectivity index (χ4n) is 1.13. The van der Waals surface area contributed by atoms with E-state index in [1.54, 1.807) is 12.1 Å². The van der Waals surface area contributed by atoms with Crippen LogP contribution in [0.1, 0.15) is 15.9 Å². The van der Waals surface area contributed by atoms with Crippen LogP contribution in [0.4, 0.5) is 0 Å². The third kappa shape index (κ3) is 4.97. The molecule has 0 N–H and O–H groups in total. The first-order valence-corrected chi connectivity index (χ1v) is 9.43. The Morgan fingerprint density at radius 2 is 1.88 bits per heavy atom. The number of carbonyl (C=O) groups is 1. The maximum atomic E-state index is 11.4. The molecule has 17 heavy (non-hydrogen) atoms. The van der Waals surface area contributed by atoms with E-state index in [-0.39, 0.29) is 5.97 Å². The van der Waals surface area contributed by atoms with E-state index in [4.69, 9.17) is 0 Å². The van der Waals surface area contributed by atoms with Crippen molar-refractivity contribution in [2.24, 2.45) is 0 Å². The Morgan fingerprint density at radius 3 is 2.41 bits per heavy atom. The highest BCUT2D eigenvalue weighted by atomic mass is 32.3. The van der Waals surface area contributed by atoms with E-state index in [9.17, 15) is 4.79 Å². The average molecular weight is 252 g/mol. The first-order chi connectivity index (χ1) is 7.67. The second-order valence-corrected chi connectivity index (χ2v) is 13.3. The largest absolute Gasteiger partial charge is 0.465 e. The quantitative estimate of drug-likeness (QED) is 0.472. The number of ether oxygens (including phenoxy) is 1. The van der Waals surface area contributed by atoms with Gasteiger partial charge in [-0.15, -0.1) is 0 Å². The Bertz CT molecular complexity index is 489. The van der Waals surface area contributed by atoms with Gasteiger partial charge in [0.1, 0.15) is 0 Å². The lowest BCUT2D eigenvalue weighted by atomic mass is 10.1. The number of esters is 1. The summed E-state index contributed by atoms with van der Waals surface area (Å²) >= 11 is 0. The number of rotatable bonds is 1. The van der Waals surface area contributed by atoms with Crippen LogP contribution in [-0.2, 0) is 4.74 Å². The van der Waals surface area contributed by atoms with Gasteiger partial charge in [0.15, 0.2) is 0 Å². The zero-order chi connectivity index (χ0) is 13.1. The molecule has 3 heteroatoms. The van der Waals surface area contributed by atoms with Crippen molar-refractivity contribution < 1.29 is 9.53 Å². The van der Waals surface area contributed by atoms with E-state index in [1.807, 2.05) is 12.1 Å². The Hall–Kier alpha value is -1.40. The molecule has 94 valence electrons. The van der Waals surface area contributed by atoms with Gasteiger partial charge in [0.2, 0.25) is 0 Å². The molecule has 0 saturated heterocycles. The molecule has 0 saturated carbocycles. The SMILES string of the molecule is COC(=O)c1cccc(C#C[SH](C)(C)(C)C)c1. The Morgan fingerprint density at radius 1 is 1.24 bits per heavy atom. The summed E-state index contributed by atoms with van der Waals surface area (Å²) in [5.41, 5.74) is 1.40. The Balaban J connectivity index is 3.06. The number of thiol groups is 1. The van der Waals surface area contributed by atoms with E-state index in [2.05, 4.69) is 40.9 Å². The van der Waals surface area contributed by atoms with Crippen LogP contribution >= 0.6 is 9.16 Å². The molecule has 1 rings (SSSR count). The smallest absolute Gasteiger partial charge is 0.337 e. The van der Waals surface area contributed by atoms with E-state index >= 15 is 0 Å². The number of hydrogen-bond donors (Lipinski definition) is 1. The minimum atomic E-state index is -1.83. The molecule has 0 bridgehead atoms. The second-order valence-electron chi connectivity index (χ2n) is 5.89. The number of carbonyl (C=O) groups excluding carboxylic acids is 1. The van der Waals surface area contributed by atoms with Gasteiger partial charge in [-0.2, -0.15) is 0 Å². The van der Waals surface area contributed by atoms with Gasteiger partial charge >= 0.3 is 5.97 Å². The van der Waals surface area contributed by atoms with Gasteiger partial charge in [0.25, 0.3) is 0 Å². The van der Waals surface area contributed by atoms with Crippen LogP contribution in [0.15, 0.2) is 24.3 Å². The predicted octanol–water partition coefficient (Wildman–Crippen LogP) is 2.37. The van der Waals surface area contributed by atoms with Gasteiger partial charge in [0, 0.05) is 5.56 Å². The highest BCUT2D eigenvalue weighted by Gasteiger charge is 2.13. The summed E-state index contributed by atoms with van der Waals surface area (Å²) in [6.45, 7) is 0. The van der Waals surface area contributed by atoms with Crippen LogP contribution in [0.2, 0.25) is 0 Å². The Kier molecular flexibility index (Phi) is 3.59. The number of hydrogen-bond acceptors (Lipinski definition) is 2. The first kappa shape index (κ1) is 13.7. The second kappa shape index (κ2) is 4.46. The summed E-state index contributed by atoms with van der Waals surface area (Å²) in [7, 11) is -0.450. The van der Waals surface area contributed by atoms with Crippen molar-refractivity contribution in [2.75, 3.05) is 32.1 Å². The van der Waals surface area contributed by atoms with Crippen LogP contribution in [0.5, 0.6) is 0 Å². The summed E-state index contributed by atoms with van der Waals surface area (Å²) in [5, 5.41) is 3.33. The van der Waals surface area contributed by atoms with Crippen molar-refractivity contribution in [2.45, 2.75) is 0 Å². The molecule has 1 aromatic carbocycles. The average Bonchev–Trinajstić information content (AvgIpc) is 2.24. The van der Waals surface area contributed by atoms with Gasteiger partial charge in [-0.05, 0) is 43.2 Å². The van der Waals surface area contributed by atoms with Gasteiger partial charge in [0.05, 0.1) is 12.7 Å². The minimum absolute atomic E-state index is 0.327. The van der Waals surface area contributed by atoms with Crippen LogP contribution in [0, 0.1) is 11.2 Å². The normalized spacial score (nSPS) is 12.9. The summed E-state index contributed by atoms with van der Waals surface area (Å²) in [5.74, 6) is 2.82. The lowest BCUT2D eigenvalue weighted by Crippen LogP contribution is -2.06. The molecular formula is C14H20O2S. The van der Waals surface area contributed by atoms with E-state index < -0.39 is 9.16 Å². The lowest BCUT2D eigenvalue weighted by Gasteiger charge is -2.40. The van der Waals surface area contributed by atoms with Gasteiger partial charge < -0.3 is 4.74 Å². The van der Waals surface area contributed by atoms with Crippen molar-refractivity contribution in [3.05, 3.63) is 35.4 Å². The molecule has 0 heterocycles. The molecule has 0 fully saturated rings. The molecule has 0 atom stereocenters. The maximum absolute atomic E-state index is 11.4. The fraction of sp³-hybridized carbons (Fsp3) is 0.357. The summed E-state index contributed by atoms with van der Waals surface area (Å²) in [6, 6.07) is 7.22. The van der Waals surface area contributed by atoms with E-state index in [1.165, 1.54) is 7.11 Å². The van der Waals surface area contributed by atoms with Crippen LogP contribution < -0.4 is 0 Å². The summed E-state index contributed by atoms with van der Waals surface area (Å²) in [4.78, 5) is 11.4. The number of benzene rings is 1. The van der Waals surface area contributed by atoms with Crippen LogP contribution in [0.25, 0.3) is 0 Å². The monoisotopic (exact) mass is 252 g/mol. The molecule has 0 aromatic heterocycles. The topological polar surface area (TPSA) is 26.3 Å². The summed E-state index contributed by atoms with van der Waals surface area (Å²) in [6.07, 6.45) is 8.79. The van der Waals surface area contributed by atoms with Crippen molar-refractivity contribution in [3.8, 4) is 11.2 Å². The van der Waals surface area contributed by atoms with Crippen LogP contribution in [-0.4, -0.2) is 38.1 Å². The summed E-state index contributed by atoms with van der Waals surface area (Å²) < 4.78 is 4.68. The van der Waals surface area contributed by atoms with Crippen molar-refractivity contribution in [1.82, 2.24) is 0 Å². The molecule has 2 nitrogen and oxygen atoms in total. The third-order valence-electron chi connectivity index (χ3n) is 1.93. The van der Waals surface area contributed by atoms with Crippen molar-refractivity contribution in [1.29, 1.82) is 0 Å². The molecular weight excluding hydrogens is 232 g/mol. The fourth-order valence-corrected chi connectivity index (χ4v) is 1.71. The third-order valence-corrected chi connectivity index (χ3v) is 2.94. The minimum Gasteiger partial charge on any atom is -0.465 e. The Labute approximate surface area is 104 Å². The molecule has 1 aromatic rings. The standard InChI is InChI=1S/C14H20O2S/c1-16-14(15)13-8-6-7-12(11-13)9-10-17(2,3,4)5/h6-8,11,17H,1-5H3. The lowest BCUT2D eigenvalue weighted by molar-refractivity contribution is 0.0600. The van der Waals surface area contributed by atoms with Crippen molar-refractivity contribution in [3.63, 3.8) is 0 Å². The van der Waals surface area contributed by atoms with Crippen LogP contribution in [0.3, 0.4) is 0 Å². The highest BCUT2D eigenvalue weighted by molar-refractivity contribution is 8.51. The molecule has 0 radical (unpaired) electrons. The van der Waals surface area contributed by atoms with Gasteiger partial charge in [-0.3, -0.25) is 0 Å². The zero-order valence-electron chi connectivity index (χ0n) is 11.1. The predicted molar refractivity (Wildman–Crippen MR) is 77.3 cm³/mol. The molecule has 0 aliphatic rings. The number of methoxy groups -OCH3 is 1. The molecule has 0 amide bonds. The molecule has 0 spiro atoms. The first-order valence-electron chi connectivity index (χ1n) is 5.40. The van der Waals surface area contributed by atoms with Crippen molar-refractivity contribution >= 4 is 15.1 Å². The highest BCUT2D eigenvalue weighted by Crippen LogP contribution is 2.54. The molecule has 0 unspecified atom stereocenters. The maximum Gasteiger partial charge on any atom is 0.337 e. The zero-order valence-corrected chi connectivity index (χ0v) is 12.0. The molecule has 0 aliphatic heterocycles. The van der Waals surface area contributed by atoms with E-state index in [0.29, 0.717) is 5.56 Å².